The average Bonchev–Trinajstić information content (AvgIpc) is 3.13. The van der Waals surface area contributed by atoms with Gasteiger partial charge in [0.1, 0.15) is 0 Å². The van der Waals surface area contributed by atoms with Crippen LogP contribution in [0.1, 0.15) is 45.6 Å². The van der Waals surface area contributed by atoms with E-state index in [0.29, 0.717) is 28.7 Å². The molecule has 9 heteroatoms. The zero-order valence-corrected chi connectivity index (χ0v) is 22.6. The summed E-state index contributed by atoms with van der Waals surface area (Å²) in [6, 6.07) is 5.26. The second-order valence-electron chi connectivity index (χ2n) is 10.6. The third kappa shape index (κ3) is 5.46. The van der Waals surface area contributed by atoms with Gasteiger partial charge in [0.2, 0.25) is 0 Å². The number of morpholine rings is 1. The summed E-state index contributed by atoms with van der Waals surface area (Å²) in [6.45, 7) is 13.9. The molecule has 7 nitrogen and oxygen atoms in total. The molecule has 4 heterocycles. The van der Waals surface area contributed by atoms with Gasteiger partial charge in [0.25, 0.3) is 0 Å². The molecule has 0 aliphatic carbocycles. The second kappa shape index (κ2) is 11.1. The summed E-state index contributed by atoms with van der Waals surface area (Å²) >= 11 is 12.8. The zero-order chi connectivity index (χ0) is 24.5. The number of piperidine rings is 2. The Kier molecular flexibility index (Phi) is 8.11. The van der Waals surface area contributed by atoms with E-state index in [1.807, 2.05) is 21.3 Å². The van der Waals surface area contributed by atoms with Crippen LogP contribution in [0.5, 0.6) is 0 Å². The van der Waals surface area contributed by atoms with E-state index >= 15 is 0 Å². The molecule has 3 saturated heterocycles. The first-order chi connectivity index (χ1) is 16.9. The number of ether oxygens (including phenoxy) is 1. The first-order valence-electron chi connectivity index (χ1n) is 13.3. The largest absolute Gasteiger partial charge is 0.379 e. The van der Waals surface area contributed by atoms with Crippen molar-refractivity contribution in [1.82, 2.24) is 23.8 Å². The van der Waals surface area contributed by atoms with Crippen molar-refractivity contribution in [2.45, 2.75) is 64.2 Å². The number of rotatable bonds is 6. The second-order valence-corrected chi connectivity index (χ2v) is 11.5. The monoisotopic (exact) mass is 523 g/mol. The predicted molar refractivity (Wildman–Crippen MR) is 143 cm³/mol. The Morgan fingerprint density at radius 1 is 0.857 bits per heavy atom. The molecule has 194 valence electrons. The third-order valence-electron chi connectivity index (χ3n) is 8.36. The van der Waals surface area contributed by atoms with Crippen LogP contribution in [-0.2, 0) is 11.3 Å². The van der Waals surface area contributed by atoms with Gasteiger partial charge in [-0.05, 0) is 64.8 Å². The maximum atomic E-state index is 13.7. The number of hydrogen-bond donors (Lipinski definition) is 0. The summed E-state index contributed by atoms with van der Waals surface area (Å²) < 4.78 is 9.39. The van der Waals surface area contributed by atoms with Gasteiger partial charge in [0, 0.05) is 57.4 Å². The Balaban J connectivity index is 1.32. The molecule has 3 aliphatic heterocycles. The van der Waals surface area contributed by atoms with Crippen LogP contribution in [-0.4, -0.2) is 94.9 Å². The Labute approximate surface area is 218 Å². The van der Waals surface area contributed by atoms with Gasteiger partial charge in [-0.1, -0.05) is 23.2 Å². The molecule has 0 saturated carbocycles. The molecular weight excluding hydrogens is 485 g/mol. The van der Waals surface area contributed by atoms with E-state index in [0.717, 1.165) is 69.8 Å². The molecule has 1 aromatic carbocycles. The quantitative estimate of drug-likeness (QED) is 0.573. The number of hydrogen-bond acceptors (Lipinski definition) is 5. The van der Waals surface area contributed by atoms with Gasteiger partial charge in [-0.2, -0.15) is 0 Å². The number of benzene rings is 1. The van der Waals surface area contributed by atoms with Gasteiger partial charge < -0.3 is 14.5 Å². The number of nitrogens with zero attached hydrogens (tertiary/aromatic N) is 5. The molecule has 1 aromatic heterocycles. The lowest BCUT2D eigenvalue weighted by Gasteiger charge is -2.42. The summed E-state index contributed by atoms with van der Waals surface area (Å²) in [7, 11) is 0. The molecule has 2 aromatic rings. The van der Waals surface area contributed by atoms with E-state index in [1.165, 1.54) is 25.9 Å². The molecule has 35 heavy (non-hydrogen) atoms. The molecule has 0 spiro atoms. The Morgan fingerprint density at radius 2 is 1.46 bits per heavy atom. The van der Waals surface area contributed by atoms with Gasteiger partial charge in [-0.3, -0.25) is 14.0 Å². The number of likely N-dealkylation sites (tertiary alicyclic amines) is 2. The van der Waals surface area contributed by atoms with Gasteiger partial charge >= 0.3 is 5.69 Å². The molecule has 0 bridgehead atoms. The molecular formula is C26H39Cl2N5O2. The maximum absolute atomic E-state index is 13.7. The molecule has 0 radical (unpaired) electrons. The van der Waals surface area contributed by atoms with Crippen LogP contribution in [0.25, 0.3) is 11.0 Å². The SMILES string of the molecule is CC(C)N1CCC(N2CCC(n3c(=O)n(CCN4CCOCC4)c4cc(Cl)c(Cl)cc43)CC2)CC1. The zero-order valence-electron chi connectivity index (χ0n) is 21.1. The van der Waals surface area contributed by atoms with Gasteiger partial charge in [0.05, 0.1) is 34.3 Å². The van der Waals surface area contributed by atoms with E-state index in [2.05, 4.69) is 28.5 Å². The fourth-order valence-electron chi connectivity index (χ4n) is 6.18. The number of imidazole rings is 1. The summed E-state index contributed by atoms with van der Waals surface area (Å²) in [4.78, 5) is 21.4. The van der Waals surface area contributed by atoms with Crippen molar-refractivity contribution < 1.29 is 4.74 Å². The summed E-state index contributed by atoms with van der Waals surface area (Å²) in [6.07, 6.45) is 4.48. The van der Waals surface area contributed by atoms with Crippen molar-refractivity contribution in [2.24, 2.45) is 0 Å². The van der Waals surface area contributed by atoms with Crippen molar-refractivity contribution in [3.05, 3.63) is 32.7 Å². The van der Waals surface area contributed by atoms with Crippen molar-refractivity contribution in [3.8, 4) is 0 Å². The van der Waals surface area contributed by atoms with Crippen molar-refractivity contribution in [2.75, 3.05) is 59.0 Å². The van der Waals surface area contributed by atoms with Gasteiger partial charge in [-0.25, -0.2) is 4.79 Å². The van der Waals surface area contributed by atoms with Crippen LogP contribution < -0.4 is 5.69 Å². The van der Waals surface area contributed by atoms with E-state index in [4.69, 9.17) is 27.9 Å². The van der Waals surface area contributed by atoms with Crippen LogP contribution in [0, 0.1) is 0 Å². The lowest BCUT2D eigenvalue weighted by molar-refractivity contribution is 0.0363. The normalized spacial score (nSPS) is 22.5. The minimum absolute atomic E-state index is 0.0651. The lowest BCUT2D eigenvalue weighted by Crippen LogP contribution is -2.49. The summed E-state index contributed by atoms with van der Waals surface area (Å²) in [5, 5.41) is 1.01. The number of aromatic nitrogens is 2. The number of fused-ring (bicyclic) bond motifs is 1. The van der Waals surface area contributed by atoms with Crippen LogP contribution in [0.15, 0.2) is 16.9 Å². The minimum Gasteiger partial charge on any atom is -0.379 e. The van der Waals surface area contributed by atoms with Crippen molar-refractivity contribution in [1.29, 1.82) is 0 Å². The van der Waals surface area contributed by atoms with Gasteiger partial charge in [0.15, 0.2) is 0 Å². The molecule has 3 fully saturated rings. The maximum Gasteiger partial charge on any atom is 0.329 e. The van der Waals surface area contributed by atoms with E-state index < -0.39 is 0 Å². The standard InChI is InChI=1S/C26H39Cl2N5O2/c1-19(2)30-7-3-20(4-8-30)31-9-5-21(6-10-31)33-25-18-23(28)22(27)17-24(25)32(26(33)34)12-11-29-13-15-35-16-14-29/h17-21H,3-16H2,1-2H3. The van der Waals surface area contributed by atoms with E-state index in [9.17, 15) is 4.79 Å². The van der Waals surface area contributed by atoms with E-state index in [-0.39, 0.29) is 11.7 Å². The molecule has 0 atom stereocenters. The fourth-order valence-corrected chi connectivity index (χ4v) is 6.50. The van der Waals surface area contributed by atoms with Crippen LogP contribution in [0.2, 0.25) is 10.0 Å². The highest BCUT2D eigenvalue weighted by molar-refractivity contribution is 6.42. The summed E-state index contributed by atoms with van der Waals surface area (Å²) in [5.74, 6) is 0. The topological polar surface area (TPSA) is 45.9 Å². The Bertz CT molecular complexity index is 1060. The fraction of sp³-hybridized carbons (Fsp3) is 0.731. The van der Waals surface area contributed by atoms with Crippen LogP contribution in [0.4, 0.5) is 0 Å². The highest BCUT2D eigenvalue weighted by atomic mass is 35.5. The van der Waals surface area contributed by atoms with Crippen molar-refractivity contribution in [3.63, 3.8) is 0 Å². The predicted octanol–water partition coefficient (Wildman–Crippen LogP) is 3.95. The molecule has 0 amide bonds. The molecule has 0 N–H and O–H groups in total. The highest BCUT2D eigenvalue weighted by Gasteiger charge is 2.31. The molecule has 3 aliphatic rings. The van der Waals surface area contributed by atoms with E-state index in [1.54, 1.807) is 0 Å². The number of halogens is 2. The summed E-state index contributed by atoms with van der Waals surface area (Å²) in [5.41, 5.74) is 1.87. The van der Waals surface area contributed by atoms with Crippen LogP contribution in [0.3, 0.4) is 0 Å². The smallest absolute Gasteiger partial charge is 0.329 e. The minimum atomic E-state index is 0.0651. The van der Waals surface area contributed by atoms with Gasteiger partial charge in [-0.15, -0.1) is 0 Å². The lowest BCUT2D eigenvalue weighted by atomic mass is 9.97. The Hall–Kier alpha value is -1.09. The molecule has 5 rings (SSSR count). The first kappa shape index (κ1) is 25.6. The third-order valence-corrected chi connectivity index (χ3v) is 9.08. The first-order valence-corrected chi connectivity index (χ1v) is 14.1. The Morgan fingerprint density at radius 3 is 2.09 bits per heavy atom. The average molecular weight is 525 g/mol. The van der Waals surface area contributed by atoms with Crippen molar-refractivity contribution >= 4 is 34.2 Å². The van der Waals surface area contributed by atoms with Crippen LogP contribution >= 0.6 is 23.2 Å². The molecule has 0 unspecified atom stereocenters. The highest BCUT2D eigenvalue weighted by Crippen LogP contribution is 2.32.